The molecule has 1 atom stereocenters. The van der Waals surface area contributed by atoms with Crippen molar-refractivity contribution >= 4 is 28.2 Å². The number of nitrogens with two attached hydrogens (primary N) is 1. The number of rotatable bonds is 4. The molecule has 1 aromatic heterocycles. The monoisotopic (exact) mass is 382 g/mol. The normalized spacial score (nSPS) is 19.5. The summed E-state index contributed by atoms with van der Waals surface area (Å²) in [5, 5.41) is 12.9. The highest BCUT2D eigenvalue weighted by Crippen LogP contribution is 2.48. The average molecular weight is 383 g/mol. The third-order valence-electron chi connectivity index (χ3n) is 4.72. The molecule has 0 saturated carbocycles. The van der Waals surface area contributed by atoms with Gasteiger partial charge >= 0.3 is 0 Å². The summed E-state index contributed by atoms with van der Waals surface area (Å²) in [5.41, 5.74) is 5.41. The molecule has 1 aromatic rings. The van der Waals surface area contributed by atoms with Crippen LogP contribution < -0.4 is 11.1 Å². The van der Waals surface area contributed by atoms with Crippen LogP contribution in [-0.4, -0.2) is 29.1 Å². The molecule has 0 fully saturated rings. The molecule has 2 amide bonds. The molecule has 2 heterocycles. The van der Waals surface area contributed by atoms with Gasteiger partial charge in [-0.15, -0.1) is 11.3 Å². The molecule has 0 aliphatic carbocycles. The molecule has 2 rings (SSSR count). The molecule has 4 N–H and O–H groups in total. The predicted octanol–water partition coefficient (Wildman–Crippen LogP) is 3.03. The number of thiophene rings is 1. The van der Waals surface area contributed by atoms with Crippen LogP contribution in [-0.2, 0) is 21.6 Å². The summed E-state index contributed by atoms with van der Waals surface area (Å²) < 4.78 is 6.17. The zero-order valence-corrected chi connectivity index (χ0v) is 17.5. The summed E-state index contributed by atoms with van der Waals surface area (Å²) in [7, 11) is 0. The van der Waals surface area contributed by atoms with E-state index < -0.39 is 28.4 Å². The molecule has 0 aromatic carbocycles. The van der Waals surface area contributed by atoms with Gasteiger partial charge in [0.1, 0.15) is 5.00 Å². The van der Waals surface area contributed by atoms with Crippen LogP contribution in [0.4, 0.5) is 5.00 Å². The van der Waals surface area contributed by atoms with Crippen LogP contribution in [0.15, 0.2) is 0 Å². The number of anilines is 1. The quantitative estimate of drug-likeness (QED) is 0.745. The van der Waals surface area contributed by atoms with Crippen molar-refractivity contribution in [3.05, 3.63) is 16.0 Å². The van der Waals surface area contributed by atoms with E-state index in [0.29, 0.717) is 17.0 Å². The molecule has 1 aliphatic rings. The van der Waals surface area contributed by atoms with Crippen LogP contribution >= 0.6 is 11.3 Å². The summed E-state index contributed by atoms with van der Waals surface area (Å²) >= 11 is 1.33. The molecule has 0 radical (unpaired) electrons. The van der Waals surface area contributed by atoms with Crippen molar-refractivity contribution in [3.8, 4) is 0 Å². The van der Waals surface area contributed by atoms with Gasteiger partial charge in [0.15, 0.2) is 0 Å². The topological polar surface area (TPSA) is 102 Å². The van der Waals surface area contributed by atoms with Gasteiger partial charge in [-0.25, -0.2) is 0 Å². The Labute approximate surface area is 159 Å². The van der Waals surface area contributed by atoms with Crippen molar-refractivity contribution in [2.75, 3.05) is 11.9 Å². The minimum Gasteiger partial charge on any atom is -0.396 e. The maximum atomic E-state index is 12.7. The van der Waals surface area contributed by atoms with Gasteiger partial charge in [0.05, 0.1) is 29.3 Å². The second-order valence-electron chi connectivity index (χ2n) is 9.12. The lowest BCUT2D eigenvalue weighted by Gasteiger charge is -2.41. The first-order chi connectivity index (χ1) is 11.7. The molecular formula is C19H30N2O4S. The van der Waals surface area contributed by atoms with E-state index in [2.05, 4.69) is 5.32 Å². The average Bonchev–Trinajstić information content (AvgIpc) is 2.74. The molecule has 1 aliphatic heterocycles. The maximum absolute atomic E-state index is 12.7. The summed E-state index contributed by atoms with van der Waals surface area (Å²) in [6.45, 7) is 13.2. The maximum Gasteiger partial charge on any atom is 0.251 e. The van der Waals surface area contributed by atoms with E-state index in [9.17, 15) is 14.7 Å². The number of carbonyl (C=O) groups excluding carboxylic acids is 2. The number of hydrogen-bond donors (Lipinski definition) is 3. The highest BCUT2D eigenvalue weighted by atomic mass is 32.1. The Kier molecular flexibility index (Phi) is 5.31. The van der Waals surface area contributed by atoms with Gasteiger partial charge in [-0.3, -0.25) is 9.59 Å². The minimum atomic E-state index is -0.594. The van der Waals surface area contributed by atoms with Crippen molar-refractivity contribution in [2.24, 2.45) is 17.1 Å². The van der Waals surface area contributed by atoms with Crippen molar-refractivity contribution < 1.29 is 19.4 Å². The third-order valence-corrected chi connectivity index (χ3v) is 6.17. The van der Waals surface area contributed by atoms with E-state index in [4.69, 9.17) is 10.5 Å². The van der Waals surface area contributed by atoms with E-state index in [1.165, 1.54) is 11.3 Å². The van der Waals surface area contributed by atoms with Crippen molar-refractivity contribution in [2.45, 2.75) is 66.1 Å². The Morgan fingerprint density at radius 1 is 1.31 bits per heavy atom. The fourth-order valence-electron chi connectivity index (χ4n) is 3.62. The molecule has 0 saturated heterocycles. The Bertz CT molecular complexity index is 729. The first-order valence-electron chi connectivity index (χ1n) is 8.77. The van der Waals surface area contributed by atoms with Crippen molar-refractivity contribution in [1.29, 1.82) is 0 Å². The van der Waals surface area contributed by atoms with Crippen LogP contribution in [0.1, 0.15) is 69.3 Å². The molecule has 26 heavy (non-hydrogen) atoms. The van der Waals surface area contributed by atoms with Crippen LogP contribution in [0.25, 0.3) is 0 Å². The number of hydrogen-bond acceptors (Lipinski definition) is 5. The molecule has 6 nitrogen and oxygen atoms in total. The first kappa shape index (κ1) is 20.9. The Morgan fingerprint density at radius 2 is 1.88 bits per heavy atom. The van der Waals surface area contributed by atoms with Gasteiger partial charge < -0.3 is 20.9 Å². The summed E-state index contributed by atoms with van der Waals surface area (Å²) in [4.78, 5) is 25.8. The number of ether oxygens (including phenoxy) is 1. The van der Waals surface area contributed by atoms with Crippen LogP contribution in [0.3, 0.4) is 0 Å². The van der Waals surface area contributed by atoms with E-state index in [1.54, 1.807) is 0 Å². The Morgan fingerprint density at radius 3 is 2.35 bits per heavy atom. The van der Waals surface area contributed by atoms with E-state index >= 15 is 0 Å². The highest BCUT2D eigenvalue weighted by molar-refractivity contribution is 7.17. The second kappa shape index (κ2) is 6.62. The summed E-state index contributed by atoms with van der Waals surface area (Å²) in [5.74, 6) is -1.48. The van der Waals surface area contributed by atoms with Gasteiger partial charge in [0.25, 0.3) is 5.91 Å². The zero-order valence-electron chi connectivity index (χ0n) is 16.6. The molecular weight excluding hydrogens is 352 g/mol. The number of amides is 2. The van der Waals surface area contributed by atoms with Crippen LogP contribution in [0.5, 0.6) is 0 Å². The molecule has 0 spiro atoms. The van der Waals surface area contributed by atoms with Crippen molar-refractivity contribution in [3.63, 3.8) is 0 Å². The Balaban J connectivity index is 2.50. The summed E-state index contributed by atoms with van der Waals surface area (Å²) in [6.07, 6.45) is 0.541. The lowest BCUT2D eigenvalue weighted by atomic mass is 9.80. The van der Waals surface area contributed by atoms with Gasteiger partial charge in [-0.1, -0.05) is 20.8 Å². The van der Waals surface area contributed by atoms with Gasteiger partial charge in [-0.2, -0.15) is 0 Å². The molecule has 0 bridgehead atoms. The van der Waals surface area contributed by atoms with E-state index in [-0.39, 0.29) is 12.5 Å². The second-order valence-corrected chi connectivity index (χ2v) is 10.1. The summed E-state index contributed by atoms with van der Waals surface area (Å²) in [6, 6.07) is 0. The molecule has 1 unspecified atom stereocenters. The SMILES string of the molecule is CC1(C)Cc2c(sc(NC(=O)C(CO)C(C)(C)C)c2C(N)=O)C(C)(C)O1. The third kappa shape index (κ3) is 3.94. The number of carbonyl (C=O) groups is 2. The molecule has 7 heteroatoms. The number of nitrogens with one attached hydrogen (secondary N) is 1. The number of fused-ring (bicyclic) bond motifs is 1. The number of primary amides is 1. The minimum absolute atomic E-state index is 0.270. The zero-order chi connectivity index (χ0) is 20.1. The number of aliphatic hydroxyl groups excluding tert-OH is 1. The highest BCUT2D eigenvalue weighted by Gasteiger charge is 2.43. The Hall–Kier alpha value is -1.44. The molecule has 146 valence electrons. The lowest BCUT2D eigenvalue weighted by Crippen LogP contribution is -2.42. The van der Waals surface area contributed by atoms with Crippen molar-refractivity contribution in [1.82, 2.24) is 0 Å². The van der Waals surface area contributed by atoms with Gasteiger partial charge in [0.2, 0.25) is 5.91 Å². The predicted molar refractivity (Wildman–Crippen MR) is 103 cm³/mol. The van der Waals surface area contributed by atoms with Crippen LogP contribution in [0, 0.1) is 11.3 Å². The van der Waals surface area contributed by atoms with E-state index in [1.807, 2.05) is 48.5 Å². The van der Waals surface area contributed by atoms with Gasteiger partial charge in [0, 0.05) is 11.3 Å². The van der Waals surface area contributed by atoms with E-state index in [0.717, 1.165) is 10.4 Å². The fraction of sp³-hybridized carbons (Fsp3) is 0.684. The van der Waals surface area contributed by atoms with Crippen LogP contribution in [0.2, 0.25) is 0 Å². The lowest BCUT2D eigenvalue weighted by molar-refractivity contribution is -0.135. The first-order valence-corrected chi connectivity index (χ1v) is 9.59. The fourth-order valence-corrected chi connectivity index (χ4v) is 4.88. The largest absolute Gasteiger partial charge is 0.396 e. The smallest absolute Gasteiger partial charge is 0.251 e. The standard InChI is InChI=1S/C19H30N2O4S/c1-17(2,3)11(9-22)15(24)21-16-12(14(20)23)10-8-18(4,5)25-19(6,7)13(10)26-16/h11,22H,8-9H2,1-7H3,(H2,20,23)(H,21,24). The number of aliphatic hydroxyl groups is 1. The van der Waals surface area contributed by atoms with Gasteiger partial charge in [-0.05, 0) is 38.7 Å².